The maximum atomic E-state index is 12.0. The Balaban J connectivity index is 0.00000180. The van der Waals surface area contributed by atoms with Crippen molar-refractivity contribution in [3.63, 3.8) is 0 Å². The molecule has 0 atom stereocenters. The third-order valence-corrected chi connectivity index (χ3v) is 4.75. The van der Waals surface area contributed by atoms with Crippen molar-refractivity contribution in [1.29, 1.82) is 0 Å². The summed E-state index contributed by atoms with van der Waals surface area (Å²) in [5, 5.41) is 0. The Hall–Kier alpha value is -0.820. The molecular formula is C12H19ClN2O3S. The van der Waals surface area contributed by atoms with Crippen molar-refractivity contribution in [3.05, 3.63) is 24.3 Å². The first-order valence-electron chi connectivity index (χ1n) is 5.88. The van der Waals surface area contributed by atoms with E-state index >= 15 is 0 Å². The van der Waals surface area contributed by atoms with Crippen LogP contribution in [0.4, 0.5) is 0 Å². The van der Waals surface area contributed by atoms with E-state index < -0.39 is 10.0 Å². The SMILES string of the molecule is COc1ccc(S(=O)(=O)NCC2(N)CCC2)cc1.Cl. The van der Waals surface area contributed by atoms with E-state index in [1.165, 1.54) is 19.2 Å². The Bertz CT molecular complexity index is 512. The van der Waals surface area contributed by atoms with E-state index in [1.807, 2.05) is 0 Å². The molecule has 0 saturated heterocycles. The summed E-state index contributed by atoms with van der Waals surface area (Å²) in [5.41, 5.74) is 5.63. The molecule has 2 rings (SSSR count). The van der Waals surface area contributed by atoms with Gasteiger partial charge in [0, 0.05) is 12.1 Å². The van der Waals surface area contributed by atoms with Gasteiger partial charge < -0.3 is 10.5 Å². The monoisotopic (exact) mass is 306 g/mol. The second-order valence-electron chi connectivity index (χ2n) is 4.72. The number of nitrogens with two attached hydrogens (primary N) is 1. The summed E-state index contributed by atoms with van der Waals surface area (Å²) in [7, 11) is -1.94. The van der Waals surface area contributed by atoms with Crippen LogP contribution in [-0.4, -0.2) is 27.6 Å². The molecule has 7 heteroatoms. The van der Waals surface area contributed by atoms with Crippen molar-refractivity contribution in [2.24, 2.45) is 5.73 Å². The minimum Gasteiger partial charge on any atom is -0.497 e. The maximum Gasteiger partial charge on any atom is 0.240 e. The van der Waals surface area contributed by atoms with Crippen molar-refractivity contribution < 1.29 is 13.2 Å². The van der Waals surface area contributed by atoms with Crippen molar-refractivity contribution >= 4 is 22.4 Å². The molecule has 0 aliphatic heterocycles. The summed E-state index contributed by atoms with van der Waals surface area (Å²) in [5.74, 6) is 0.628. The van der Waals surface area contributed by atoms with Gasteiger partial charge >= 0.3 is 0 Å². The van der Waals surface area contributed by atoms with Crippen molar-refractivity contribution in [3.8, 4) is 5.75 Å². The Kier molecular flexibility index (Phi) is 5.20. The van der Waals surface area contributed by atoms with E-state index in [-0.39, 0.29) is 22.8 Å². The molecular weight excluding hydrogens is 288 g/mol. The number of nitrogens with one attached hydrogen (secondary N) is 1. The summed E-state index contributed by atoms with van der Waals surface area (Å²) in [6.45, 7) is 0.293. The molecule has 19 heavy (non-hydrogen) atoms. The molecule has 0 amide bonds. The highest BCUT2D eigenvalue weighted by Crippen LogP contribution is 2.28. The van der Waals surface area contributed by atoms with Crippen LogP contribution in [-0.2, 0) is 10.0 Å². The molecule has 0 spiro atoms. The fourth-order valence-corrected chi connectivity index (χ4v) is 3.02. The third-order valence-electron chi connectivity index (χ3n) is 3.33. The zero-order valence-corrected chi connectivity index (χ0v) is 12.4. The molecule has 1 aliphatic carbocycles. The van der Waals surface area contributed by atoms with Gasteiger partial charge in [0.1, 0.15) is 5.75 Å². The van der Waals surface area contributed by atoms with E-state index in [4.69, 9.17) is 10.5 Å². The van der Waals surface area contributed by atoms with Crippen LogP contribution in [0.1, 0.15) is 19.3 Å². The maximum absolute atomic E-state index is 12.0. The molecule has 108 valence electrons. The lowest BCUT2D eigenvalue weighted by Gasteiger charge is -2.37. The molecule has 0 aromatic heterocycles. The Morgan fingerprint density at radius 3 is 2.32 bits per heavy atom. The molecule has 1 aromatic rings. The quantitative estimate of drug-likeness (QED) is 0.858. The van der Waals surface area contributed by atoms with Crippen LogP contribution in [0.25, 0.3) is 0 Å². The average molecular weight is 307 g/mol. The molecule has 0 bridgehead atoms. The first-order valence-corrected chi connectivity index (χ1v) is 7.36. The van der Waals surface area contributed by atoms with E-state index in [2.05, 4.69) is 4.72 Å². The summed E-state index contributed by atoms with van der Waals surface area (Å²) in [6, 6.07) is 6.28. The fraction of sp³-hybridized carbons (Fsp3) is 0.500. The first-order chi connectivity index (χ1) is 8.45. The third kappa shape index (κ3) is 3.82. The van der Waals surface area contributed by atoms with E-state index in [9.17, 15) is 8.42 Å². The zero-order chi connectivity index (χ0) is 13.2. The van der Waals surface area contributed by atoms with Crippen LogP contribution >= 0.6 is 12.4 Å². The molecule has 0 radical (unpaired) electrons. The van der Waals surface area contributed by atoms with Crippen molar-refractivity contribution in [2.45, 2.75) is 29.7 Å². The van der Waals surface area contributed by atoms with E-state index in [0.29, 0.717) is 12.3 Å². The second kappa shape index (κ2) is 6.09. The number of benzene rings is 1. The number of hydrogen-bond donors (Lipinski definition) is 2. The Labute approximate surface area is 120 Å². The Morgan fingerprint density at radius 2 is 1.89 bits per heavy atom. The number of sulfonamides is 1. The highest BCUT2D eigenvalue weighted by Gasteiger charge is 2.33. The molecule has 0 heterocycles. The van der Waals surface area contributed by atoms with Gasteiger partial charge in [0.05, 0.1) is 12.0 Å². The molecule has 1 fully saturated rings. The number of ether oxygens (including phenoxy) is 1. The summed E-state index contributed by atoms with van der Waals surface area (Å²) < 4.78 is 31.6. The van der Waals surface area contributed by atoms with Crippen LogP contribution < -0.4 is 15.2 Å². The number of halogens is 1. The molecule has 5 nitrogen and oxygen atoms in total. The van der Waals surface area contributed by atoms with Gasteiger partial charge in [0.25, 0.3) is 0 Å². The predicted molar refractivity (Wildman–Crippen MR) is 76.2 cm³/mol. The van der Waals surface area contributed by atoms with Crippen LogP contribution in [0.5, 0.6) is 5.75 Å². The number of rotatable bonds is 5. The summed E-state index contributed by atoms with van der Waals surface area (Å²) >= 11 is 0. The second-order valence-corrected chi connectivity index (χ2v) is 6.48. The van der Waals surface area contributed by atoms with E-state index in [0.717, 1.165) is 19.3 Å². The molecule has 1 aromatic carbocycles. The molecule has 1 saturated carbocycles. The average Bonchev–Trinajstić information content (AvgIpc) is 2.34. The zero-order valence-electron chi connectivity index (χ0n) is 10.8. The van der Waals surface area contributed by atoms with Gasteiger partial charge in [-0.15, -0.1) is 12.4 Å². The highest BCUT2D eigenvalue weighted by atomic mass is 35.5. The van der Waals surface area contributed by atoms with Crippen LogP contribution in [0.2, 0.25) is 0 Å². The van der Waals surface area contributed by atoms with Gasteiger partial charge in [0.2, 0.25) is 10.0 Å². The van der Waals surface area contributed by atoms with E-state index in [1.54, 1.807) is 12.1 Å². The van der Waals surface area contributed by atoms with Gasteiger partial charge in [-0.2, -0.15) is 0 Å². The standard InChI is InChI=1S/C12H18N2O3S.ClH/c1-17-10-3-5-11(6-4-10)18(15,16)14-9-12(13)7-2-8-12;/h3-6,14H,2,7-9,13H2,1H3;1H. The highest BCUT2D eigenvalue weighted by molar-refractivity contribution is 7.89. The molecule has 1 aliphatic rings. The first kappa shape index (κ1) is 16.2. The number of methoxy groups -OCH3 is 1. The summed E-state index contributed by atoms with van der Waals surface area (Å²) in [6.07, 6.45) is 2.82. The van der Waals surface area contributed by atoms with Gasteiger partial charge in [-0.05, 0) is 43.5 Å². The largest absolute Gasteiger partial charge is 0.497 e. The van der Waals surface area contributed by atoms with Gasteiger partial charge in [0.15, 0.2) is 0 Å². The van der Waals surface area contributed by atoms with Gasteiger partial charge in [-0.1, -0.05) is 0 Å². The van der Waals surface area contributed by atoms with Crippen molar-refractivity contribution in [1.82, 2.24) is 4.72 Å². The van der Waals surface area contributed by atoms with Crippen LogP contribution in [0, 0.1) is 0 Å². The number of hydrogen-bond acceptors (Lipinski definition) is 4. The van der Waals surface area contributed by atoms with Gasteiger partial charge in [-0.3, -0.25) is 0 Å². The fourth-order valence-electron chi connectivity index (χ4n) is 1.88. The smallest absolute Gasteiger partial charge is 0.240 e. The lowest BCUT2D eigenvalue weighted by atomic mass is 9.78. The minimum absolute atomic E-state index is 0. The summed E-state index contributed by atoms with van der Waals surface area (Å²) in [4.78, 5) is 0.228. The molecule has 3 N–H and O–H groups in total. The lowest BCUT2D eigenvalue weighted by Crippen LogP contribution is -2.54. The topological polar surface area (TPSA) is 81.4 Å². The Morgan fingerprint density at radius 1 is 1.32 bits per heavy atom. The lowest BCUT2D eigenvalue weighted by molar-refractivity contribution is 0.251. The normalized spacial score (nSPS) is 17.2. The predicted octanol–water partition coefficient (Wildman–Crippen LogP) is 1.28. The minimum atomic E-state index is -3.48. The van der Waals surface area contributed by atoms with Gasteiger partial charge in [-0.25, -0.2) is 13.1 Å². The van der Waals surface area contributed by atoms with Crippen LogP contribution in [0.3, 0.4) is 0 Å². The molecule has 0 unspecified atom stereocenters. The van der Waals surface area contributed by atoms with Crippen LogP contribution in [0.15, 0.2) is 29.2 Å². The van der Waals surface area contributed by atoms with Crippen molar-refractivity contribution in [2.75, 3.05) is 13.7 Å².